The van der Waals surface area contributed by atoms with Crippen molar-refractivity contribution >= 4 is 22.6 Å². The van der Waals surface area contributed by atoms with Crippen LogP contribution in [0.5, 0.6) is 0 Å². The molecule has 0 spiro atoms. The van der Waals surface area contributed by atoms with Crippen LogP contribution in [0.15, 0.2) is 35.1 Å². The van der Waals surface area contributed by atoms with Crippen molar-refractivity contribution in [2.75, 3.05) is 5.32 Å². The van der Waals surface area contributed by atoms with Crippen LogP contribution < -0.4 is 10.9 Å². The summed E-state index contributed by atoms with van der Waals surface area (Å²) < 4.78 is 2.18. The van der Waals surface area contributed by atoms with Crippen molar-refractivity contribution in [3.05, 3.63) is 57.8 Å². The largest absolute Gasteiger partial charge is 0.328 e. The lowest BCUT2D eigenvalue weighted by atomic mass is 10.1. The lowest BCUT2D eigenvalue weighted by molar-refractivity contribution is 0.102. The number of carbonyl (C=O) groups excluding carboxylic acids is 1. The van der Waals surface area contributed by atoms with Gasteiger partial charge in [-0.3, -0.25) is 9.59 Å². The van der Waals surface area contributed by atoms with Crippen LogP contribution in [-0.4, -0.2) is 20.4 Å². The highest BCUT2D eigenvalue weighted by molar-refractivity contribution is 6.04. The van der Waals surface area contributed by atoms with E-state index in [2.05, 4.69) is 35.6 Å². The number of pyridine rings is 1. The number of benzene rings is 1. The molecule has 142 valence electrons. The molecule has 2 N–H and O–H groups in total. The number of aromatic nitrogens is 3. The fraction of sp³-hybridized carbons (Fsp3) is 0.381. The monoisotopic (exact) mass is 366 g/mol. The van der Waals surface area contributed by atoms with E-state index in [1.807, 2.05) is 32.0 Å². The van der Waals surface area contributed by atoms with E-state index in [0.717, 1.165) is 29.1 Å². The molecule has 0 saturated carbocycles. The molecule has 27 heavy (non-hydrogen) atoms. The van der Waals surface area contributed by atoms with Gasteiger partial charge in [0.15, 0.2) is 0 Å². The number of fused-ring (bicyclic) bond motifs is 1. The van der Waals surface area contributed by atoms with Gasteiger partial charge in [0.05, 0.1) is 11.0 Å². The summed E-state index contributed by atoms with van der Waals surface area (Å²) in [5.41, 5.74) is 3.03. The first-order chi connectivity index (χ1) is 12.8. The Morgan fingerprint density at radius 2 is 1.89 bits per heavy atom. The number of carbonyl (C=O) groups is 1. The minimum atomic E-state index is -0.426. The van der Waals surface area contributed by atoms with Gasteiger partial charge in [-0.1, -0.05) is 27.7 Å². The van der Waals surface area contributed by atoms with E-state index in [-0.39, 0.29) is 17.0 Å². The minimum Gasteiger partial charge on any atom is -0.328 e. The topological polar surface area (TPSA) is 79.8 Å². The standard InChI is InChI=1S/C21H26N4O2/c1-6-25-18-10-7-14(11-17(18)23-19(25)13(4)5)22-20(26)15-8-9-16(12(2)3)24-21(15)27/h7-13H,6H2,1-5H3,(H,22,26)(H,24,27). The Balaban J connectivity index is 1.90. The van der Waals surface area contributed by atoms with E-state index in [9.17, 15) is 9.59 Å². The zero-order valence-corrected chi connectivity index (χ0v) is 16.5. The number of H-pyrrole nitrogens is 1. The maximum absolute atomic E-state index is 12.5. The second kappa shape index (κ2) is 7.39. The first-order valence-electron chi connectivity index (χ1n) is 9.36. The number of nitrogens with one attached hydrogen (secondary N) is 2. The van der Waals surface area contributed by atoms with Crippen LogP contribution in [0, 0.1) is 0 Å². The molecule has 0 atom stereocenters. The van der Waals surface area contributed by atoms with E-state index >= 15 is 0 Å². The van der Waals surface area contributed by atoms with E-state index in [1.165, 1.54) is 0 Å². The molecule has 2 heterocycles. The first-order valence-corrected chi connectivity index (χ1v) is 9.36. The molecular formula is C21H26N4O2. The van der Waals surface area contributed by atoms with E-state index in [1.54, 1.807) is 12.1 Å². The van der Waals surface area contributed by atoms with Gasteiger partial charge in [-0.2, -0.15) is 0 Å². The third-order valence-corrected chi connectivity index (χ3v) is 4.67. The number of hydrogen-bond donors (Lipinski definition) is 2. The predicted octanol–water partition coefficient (Wildman–Crippen LogP) is 4.24. The molecule has 0 aliphatic heterocycles. The van der Waals surface area contributed by atoms with Gasteiger partial charge >= 0.3 is 0 Å². The molecule has 1 amide bonds. The summed E-state index contributed by atoms with van der Waals surface area (Å²) in [6.07, 6.45) is 0. The third-order valence-electron chi connectivity index (χ3n) is 4.67. The van der Waals surface area contributed by atoms with Gasteiger partial charge in [-0.05, 0) is 43.2 Å². The Morgan fingerprint density at radius 1 is 1.15 bits per heavy atom. The number of nitrogens with zero attached hydrogens (tertiary/aromatic N) is 2. The SMILES string of the molecule is CCn1c(C(C)C)nc2cc(NC(=O)c3ccc(C(C)C)[nH]c3=O)ccc21. The average Bonchev–Trinajstić information content (AvgIpc) is 2.99. The Bertz CT molecular complexity index is 1040. The first kappa shape index (κ1) is 18.9. The van der Waals surface area contributed by atoms with E-state index < -0.39 is 5.91 Å². The number of rotatable bonds is 5. The molecule has 0 radical (unpaired) electrons. The molecule has 2 aromatic heterocycles. The second-order valence-corrected chi connectivity index (χ2v) is 7.34. The highest BCUT2D eigenvalue weighted by Gasteiger charge is 2.15. The maximum atomic E-state index is 12.5. The smallest absolute Gasteiger partial charge is 0.261 e. The van der Waals surface area contributed by atoms with Crippen LogP contribution in [0.2, 0.25) is 0 Å². The lowest BCUT2D eigenvalue weighted by Gasteiger charge is -2.09. The summed E-state index contributed by atoms with van der Waals surface area (Å²) in [5.74, 6) is 1.11. The van der Waals surface area contributed by atoms with Crippen LogP contribution in [-0.2, 0) is 6.54 Å². The summed E-state index contributed by atoms with van der Waals surface area (Å²) in [6.45, 7) is 11.1. The molecule has 3 aromatic rings. The fourth-order valence-corrected chi connectivity index (χ4v) is 3.20. The van der Waals surface area contributed by atoms with Crippen LogP contribution in [0.25, 0.3) is 11.0 Å². The molecule has 6 heteroatoms. The van der Waals surface area contributed by atoms with E-state index in [4.69, 9.17) is 4.98 Å². The Hall–Kier alpha value is -2.89. The number of aromatic amines is 1. The second-order valence-electron chi connectivity index (χ2n) is 7.34. The van der Waals surface area contributed by atoms with Crippen LogP contribution >= 0.6 is 0 Å². The van der Waals surface area contributed by atoms with Gasteiger partial charge in [-0.15, -0.1) is 0 Å². The summed E-state index contributed by atoms with van der Waals surface area (Å²) in [5, 5.41) is 2.81. The molecule has 0 bridgehead atoms. The quantitative estimate of drug-likeness (QED) is 0.709. The Labute approximate surface area is 158 Å². The van der Waals surface area contributed by atoms with Crippen molar-refractivity contribution in [3.63, 3.8) is 0 Å². The molecule has 1 aromatic carbocycles. The zero-order valence-electron chi connectivity index (χ0n) is 16.5. The molecule has 3 rings (SSSR count). The highest BCUT2D eigenvalue weighted by Crippen LogP contribution is 2.24. The molecule has 0 aliphatic carbocycles. The predicted molar refractivity (Wildman–Crippen MR) is 109 cm³/mol. The van der Waals surface area contributed by atoms with Crippen LogP contribution in [0.4, 0.5) is 5.69 Å². The summed E-state index contributed by atoms with van der Waals surface area (Å²) in [4.78, 5) is 32.2. The molecular weight excluding hydrogens is 340 g/mol. The zero-order chi connectivity index (χ0) is 19.7. The van der Waals surface area contributed by atoms with Crippen molar-refractivity contribution in [1.29, 1.82) is 0 Å². The Morgan fingerprint density at radius 3 is 2.48 bits per heavy atom. The fourth-order valence-electron chi connectivity index (χ4n) is 3.20. The third kappa shape index (κ3) is 3.65. The van der Waals surface area contributed by atoms with Crippen molar-refractivity contribution in [1.82, 2.24) is 14.5 Å². The molecule has 0 fully saturated rings. The lowest BCUT2D eigenvalue weighted by Crippen LogP contribution is -2.24. The molecule has 6 nitrogen and oxygen atoms in total. The van der Waals surface area contributed by atoms with Gasteiger partial charge in [0.25, 0.3) is 11.5 Å². The average molecular weight is 366 g/mol. The van der Waals surface area contributed by atoms with Crippen LogP contribution in [0.3, 0.4) is 0 Å². The van der Waals surface area contributed by atoms with Crippen molar-refractivity contribution in [2.24, 2.45) is 0 Å². The van der Waals surface area contributed by atoms with E-state index in [0.29, 0.717) is 11.6 Å². The minimum absolute atomic E-state index is 0.0986. The van der Waals surface area contributed by atoms with Gasteiger partial charge in [0.1, 0.15) is 11.4 Å². The normalized spacial score (nSPS) is 11.5. The number of hydrogen-bond acceptors (Lipinski definition) is 3. The van der Waals surface area contributed by atoms with Gasteiger partial charge in [0.2, 0.25) is 0 Å². The molecule has 0 unspecified atom stereocenters. The molecule has 0 aliphatic rings. The maximum Gasteiger partial charge on any atom is 0.261 e. The number of imidazole rings is 1. The summed E-state index contributed by atoms with van der Waals surface area (Å²) in [7, 11) is 0. The van der Waals surface area contributed by atoms with Crippen molar-refractivity contribution in [3.8, 4) is 0 Å². The van der Waals surface area contributed by atoms with Gasteiger partial charge < -0.3 is 14.9 Å². The molecule has 0 saturated heterocycles. The van der Waals surface area contributed by atoms with Crippen LogP contribution in [0.1, 0.15) is 68.3 Å². The summed E-state index contributed by atoms with van der Waals surface area (Å²) in [6, 6.07) is 9.00. The van der Waals surface area contributed by atoms with Gasteiger partial charge in [-0.25, -0.2) is 4.98 Å². The Kier molecular flexibility index (Phi) is 5.17. The highest BCUT2D eigenvalue weighted by atomic mass is 16.2. The summed E-state index contributed by atoms with van der Waals surface area (Å²) >= 11 is 0. The van der Waals surface area contributed by atoms with Crippen molar-refractivity contribution < 1.29 is 4.79 Å². The number of amides is 1. The van der Waals surface area contributed by atoms with Crippen molar-refractivity contribution in [2.45, 2.75) is 53.0 Å². The number of anilines is 1. The number of aryl methyl sites for hydroxylation is 1. The van der Waals surface area contributed by atoms with Gasteiger partial charge in [0, 0.05) is 23.8 Å².